The van der Waals surface area contributed by atoms with Crippen molar-refractivity contribution in [2.45, 2.75) is 0 Å². The zero-order chi connectivity index (χ0) is 10.3. The Morgan fingerprint density at radius 2 is 1.87 bits per heavy atom. The number of hydrogen-bond donors (Lipinski definition) is 0. The minimum Gasteiger partial charge on any atom is -0.379 e. The summed E-state index contributed by atoms with van der Waals surface area (Å²) in [6.45, 7) is 4.88. The van der Waals surface area contributed by atoms with Crippen molar-refractivity contribution in [3.8, 4) is 0 Å². The number of hydrogen-bond acceptors (Lipinski definition) is 2. The van der Waals surface area contributed by atoms with Gasteiger partial charge in [-0.05, 0) is 5.56 Å². The van der Waals surface area contributed by atoms with Crippen molar-refractivity contribution < 1.29 is 4.74 Å². The number of benzene rings is 1. The van der Waals surface area contributed by atoms with E-state index in [9.17, 15) is 0 Å². The number of morpholine rings is 1. The van der Waals surface area contributed by atoms with Gasteiger partial charge in [0.1, 0.15) is 0 Å². The van der Waals surface area contributed by atoms with Gasteiger partial charge >= 0.3 is 0 Å². The zero-order valence-electron chi connectivity index (χ0n) is 8.93. The summed E-state index contributed by atoms with van der Waals surface area (Å²) in [5.74, 6) is 0. The molecule has 0 unspecified atom stereocenters. The molecule has 2 rings (SSSR count). The van der Waals surface area contributed by atoms with E-state index in [0.717, 1.165) is 32.8 Å². The van der Waals surface area contributed by atoms with Gasteiger partial charge in [0.2, 0.25) is 0 Å². The molecule has 1 aromatic carbocycles. The maximum Gasteiger partial charge on any atom is 0.0594 e. The molecule has 0 amide bonds. The summed E-state index contributed by atoms with van der Waals surface area (Å²) in [5, 5.41) is 0. The van der Waals surface area contributed by atoms with Crippen molar-refractivity contribution in [3.63, 3.8) is 0 Å². The largest absolute Gasteiger partial charge is 0.379 e. The molecule has 0 bridgehead atoms. The maximum atomic E-state index is 5.30. The second kappa shape index (κ2) is 5.69. The van der Waals surface area contributed by atoms with E-state index in [1.165, 1.54) is 5.56 Å². The standard InChI is InChI=1S/C13H17NO/c1-2-5-13(6-3-1)7-4-8-14-9-11-15-12-10-14/h1-7H,8-12H2/b7-4-. The fourth-order valence-corrected chi connectivity index (χ4v) is 1.69. The SMILES string of the molecule is C(=C/c1ccccc1)/CN1CCOCC1. The lowest BCUT2D eigenvalue weighted by molar-refractivity contribution is 0.0435. The van der Waals surface area contributed by atoms with Crippen molar-refractivity contribution in [1.29, 1.82) is 0 Å². The Morgan fingerprint density at radius 3 is 2.60 bits per heavy atom. The van der Waals surface area contributed by atoms with Gasteiger partial charge in [-0.25, -0.2) is 0 Å². The summed E-state index contributed by atoms with van der Waals surface area (Å²) in [6.07, 6.45) is 4.40. The summed E-state index contributed by atoms with van der Waals surface area (Å²) in [4.78, 5) is 2.41. The summed E-state index contributed by atoms with van der Waals surface area (Å²) >= 11 is 0. The Morgan fingerprint density at radius 1 is 1.13 bits per heavy atom. The first kappa shape index (κ1) is 10.4. The van der Waals surface area contributed by atoms with Crippen molar-refractivity contribution in [3.05, 3.63) is 42.0 Å². The molecular weight excluding hydrogens is 186 g/mol. The van der Waals surface area contributed by atoms with Gasteiger partial charge in [0, 0.05) is 19.6 Å². The maximum absolute atomic E-state index is 5.30. The van der Waals surface area contributed by atoms with E-state index in [1.807, 2.05) is 6.07 Å². The predicted molar refractivity (Wildman–Crippen MR) is 62.7 cm³/mol. The highest BCUT2D eigenvalue weighted by Gasteiger charge is 2.07. The van der Waals surface area contributed by atoms with Crippen LogP contribution in [-0.2, 0) is 4.74 Å². The molecule has 1 aliphatic rings. The monoisotopic (exact) mass is 203 g/mol. The molecule has 80 valence electrons. The van der Waals surface area contributed by atoms with Crippen LogP contribution in [0.2, 0.25) is 0 Å². The quantitative estimate of drug-likeness (QED) is 0.745. The lowest BCUT2D eigenvalue weighted by Gasteiger charge is -2.25. The highest BCUT2D eigenvalue weighted by molar-refractivity contribution is 5.48. The second-order valence-electron chi connectivity index (χ2n) is 3.73. The minimum absolute atomic E-state index is 0.874. The molecule has 2 heteroatoms. The van der Waals surface area contributed by atoms with Crippen molar-refractivity contribution in [1.82, 2.24) is 4.90 Å². The molecule has 1 fully saturated rings. The third kappa shape index (κ3) is 3.50. The normalized spacial score (nSPS) is 18.4. The topological polar surface area (TPSA) is 12.5 Å². The van der Waals surface area contributed by atoms with Crippen LogP contribution >= 0.6 is 0 Å². The highest BCUT2D eigenvalue weighted by atomic mass is 16.5. The average Bonchev–Trinajstić information content (AvgIpc) is 2.32. The van der Waals surface area contributed by atoms with E-state index in [2.05, 4.69) is 41.3 Å². The number of rotatable bonds is 3. The first-order valence-electron chi connectivity index (χ1n) is 5.47. The number of ether oxygens (including phenoxy) is 1. The predicted octanol–water partition coefficient (Wildman–Crippen LogP) is 2.03. The van der Waals surface area contributed by atoms with Gasteiger partial charge in [-0.15, -0.1) is 0 Å². The number of nitrogens with zero attached hydrogens (tertiary/aromatic N) is 1. The molecule has 15 heavy (non-hydrogen) atoms. The fraction of sp³-hybridized carbons (Fsp3) is 0.385. The third-order valence-electron chi connectivity index (χ3n) is 2.58. The molecule has 1 aliphatic heterocycles. The molecule has 0 saturated carbocycles. The molecule has 2 nitrogen and oxygen atoms in total. The molecule has 1 saturated heterocycles. The van der Waals surface area contributed by atoms with E-state index in [-0.39, 0.29) is 0 Å². The Balaban J connectivity index is 1.79. The van der Waals surface area contributed by atoms with Crippen molar-refractivity contribution in [2.75, 3.05) is 32.8 Å². The molecule has 0 aromatic heterocycles. The van der Waals surface area contributed by atoms with Gasteiger partial charge in [0.15, 0.2) is 0 Å². The van der Waals surface area contributed by atoms with E-state index in [0.29, 0.717) is 0 Å². The van der Waals surface area contributed by atoms with E-state index in [1.54, 1.807) is 0 Å². The zero-order valence-corrected chi connectivity index (χ0v) is 8.93. The van der Waals surface area contributed by atoms with Gasteiger partial charge in [-0.3, -0.25) is 4.90 Å². The Hall–Kier alpha value is -1.12. The van der Waals surface area contributed by atoms with Crippen LogP contribution < -0.4 is 0 Å². The van der Waals surface area contributed by atoms with Gasteiger partial charge in [0.25, 0.3) is 0 Å². The summed E-state index contributed by atoms with van der Waals surface area (Å²) < 4.78 is 5.30. The average molecular weight is 203 g/mol. The molecule has 0 radical (unpaired) electrons. The first-order valence-corrected chi connectivity index (χ1v) is 5.47. The fourth-order valence-electron chi connectivity index (χ4n) is 1.69. The lowest BCUT2D eigenvalue weighted by Crippen LogP contribution is -2.36. The summed E-state index contributed by atoms with van der Waals surface area (Å²) in [5.41, 5.74) is 1.27. The molecular formula is C13H17NO. The van der Waals surface area contributed by atoms with Gasteiger partial charge in [0.05, 0.1) is 13.2 Å². The van der Waals surface area contributed by atoms with E-state index >= 15 is 0 Å². The highest BCUT2D eigenvalue weighted by Crippen LogP contribution is 2.02. The van der Waals surface area contributed by atoms with E-state index < -0.39 is 0 Å². The summed E-state index contributed by atoms with van der Waals surface area (Å²) in [7, 11) is 0. The van der Waals surface area contributed by atoms with Gasteiger partial charge in [-0.1, -0.05) is 42.5 Å². The van der Waals surface area contributed by atoms with Crippen LogP contribution in [0.1, 0.15) is 5.56 Å². The van der Waals surface area contributed by atoms with Crippen molar-refractivity contribution >= 4 is 6.08 Å². The van der Waals surface area contributed by atoms with E-state index in [4.69, 9.17) is 4.74 Å². The second-order valence-corrected chi connectivity index (χ2v) is 3.73. The molecule has 0 aliphatic carbocycles. The molecule has 0 atom stereocenters. The van der Waals surface area contributed by atoms with Crippen LogP contribution in [0, 0.1) is 0 Å². The Labute approximate surface area is 91.2 Å². The Kier molecular flexibility index (Phi) is 3.94. The van der Waals surface area contributed by atoms with Gasteiger partial charge in [-0.2, -0.15) is 0 Å². The lowest BCUT2D eigenvalue weighted by atomic mass is 10.2. The van der Waals surface area contributed by atoms with Crippen LogP contribution in [-0.4, -0.2) is 37.7 Å². The molecule has 0 N–H and O–H groups in total. The molecule has 1 aromatic rings. The van der Waals surface area contributed by atoms with Crippen LogP contribution in [0.3, 0.4) is 0 Å². The summed E-state index contributed by atoms with van der Waals surface area (Å²) in [6, 6.07) is 10.4. The Bertz CT molecular complexity index is 302. The van der Waals surface area contributed by atoms with Crippen molar-refractivity contribution in [2.24, 2.45) is 0 Å². The first-order chi connectivity index (χ1) is 7.45. The smallest absolute Gasteiger partial charge is 0.0594 e. The minimum atomic E-state index is 0.874. The molecule has 0 spiro atoms. The van der Waals surface area contributed by atoms with Crippen LogP contribution in [0.25, 0.3) is 6.08 Å². The molecule has 1 heterocycles. The third-order valence-corrected chi connectivity index (χ3v) is 2.58. The van der Waals surface area contributed by atoms with Crippen LogP contribution in [0.15, 0.2) is 36.4 Å². The van der Waals surface area contributed by atoms with Crippen LogP contribution in [0.5, 0.6) is 0 Å². The van der Waals surface area contributed by atoms with Gasteiger partial charge < -0.3 is 4.74 Å². The van der Waals surface area contributed by atoms with Crippen LogP contribution in [0.4, 0.5) is 0 Å².